The molecule has 0 fully saturated rings. The van der Waals surface area contributed by atoms with Crippen molar-refractivity contribution in [3.8, 4) is 0 Å². The minimum absolute atomic E-state index is 0. The molecule has 0 saturated heterocycles. The van der Waals surface area contributed by atoms with Crippen molar-refractivity contribution in [3.63, 3.8) is 0 Å². The normalized spacial score (nSPS) is 10.9. The molecular weight excluding hydrogens is 941 g/mol. The van der Waals surface area contributed by atoms with Gasteiger partial charge in [0.25, 0.3) is 0 Å². The van der Waals surface area contributed by atoms with E-state index in [4.69, 9.17) is 51.6 Å². The Hall–Kier alpha value is -5.88. The Balaban J connectivity index is 0.000000506. The molecule has 0 unspecified atom stereocenters. The van der Waals surface area contributed by atoms with Crippen LogP contribution < -0.4 is 103 Å². The maximum atomic E-state index is 5.67. The molecule has 378 valence electrons. The summed E-state index contributed by atoms with van der Waals surface area (Å²) < 4.78 is 12.4. The Morgan fingerprint density at radius 3 is 0.783 bits per heavy atom. The van der Waals surface area contributed by atoms with E-state index in [-0.39, 0.29) is 37.2 Å². The van der Waals surface area contributed by atoms with Crippen LogP contribution >= 0.6 is 0 Å². The van der Waals surface area contributed by atoms with Gasteiger partial charge in [-0.15, -0.1) is 0 Å². The monoisotopic (exact) mass is 1010 g/mol. The lowest BCUT2D eigenvalue weighted by Gasteiger charge is -1.99. The summed E-state index contributed by atoms with van der Waals surface area (Å²) in [6.07, 6.45) is 17.4. The van der Waals surface area contributed by atoms with Crippen molar-refractivity contribution in [2.75, 3.05) is 56.5 Å². The number of aryl methyl sites for hydroxylation is 6. The van der Waals surface area contributed by atoms with E-state index >= 15 is 0 Å². The van der Waals surface area contributed by atoms with E-state index in [2.05, 4.69) is 58.1 Å². The van der Waals surface area contributed by atoms with Gasteiger partial charge in [-0.2, -0.15) is 0 Å². The highest BCUT2D eigenvalue weighted by Gasteiger charge is 2.19. The van der Waals surface area contributed by atoms with Gasteiger partial charge in [0, 0.05) is 32.4 Å². The fourth-order valence-corrected chi connectivity index (χ4v) is 6.27. The van der Waals surface area contributed by atoms with Crippen molar-refractivity contribution in [1.82, 2.24) is 13.7 Å². The number of hydrogen-bond donors (Lipinski definition) is 9. The minimum atomic E-state index is 0. The summed E-state index contributed by atoms with van der Waals surface area (Å²) in [5, 5.41) is 26.1. The topological polar surface area (TPSA) is 335 Å². The average Bonchev–Trinajstić information content (AvgIpc) is 4.05. The smallest absolute Gasteiger partial charge is 0.421 e. The molecule has 6 aromatic rings. The Morgan fingerprint density at radius 1 is 0.333 bits per heavy atom. The molecule has 24 heteroatoms. The van der Waals surface area contributed by atoms with E-state index in [1.165, 1.54) is 0 Å². The van der Waals surface area contributed by atoms with Crippen LogP contribution in [0.1, 0.15) is 38.5 Å². The fraction of sp³-hybridized carbons (Fsp3) is 0.400. The molecule has 0 amide bonds. The SMILES string of the molecule is NCCCn1cc[n+](CCCN)c1N=Nc1ccc(N)cc1.NCCCn1cc[n+](CCCN)c1N=Nc1ccc(N)cc1.NCCCn1cc[n+](CCCN)c1N=Nc1ccc(N)cc1.[Cl-].[Cl-].[Cl-]. The summed E-state index contributed by atoms with van der Waals surface area (Å²) in [4.78, 5) is 0. The summed E-state index contributed by atoms with van der Waals surface area (Å²) in [5.74, 6) is 2.41. The predicted octanol–water partition coefficient (Wildman–Crippen LogP) is -4.58. The van der Waals surface area contributed by atoms with Gasteiger partial charge in [0.1, 0.15) is 17.1 Å². The molecule has 3 heterocycles. The zero-order chi connectivity index (χ0) is 47.4. The molecule has 6 rings (SSSR count). The number of hydrogen-bond acceptors (Lipinski definition) is 15. The predicted molar refractivity (Wildman–Crippen MR) is 261 cm³/mol. The first kappa shape index (κ1) is 61.1. The van der Waals surface area contributed by atoms with Crippen LogP contribution in [0, 0.1) is 0 Å². The molecule has 18 N–H and O–H groups in total. The van der Waals surface area contributed by atoms with Gasteiger partial charge in [0.15, 0.2) is 0 Å². The van der Waals surface area contributed by atoms with Crippen LogP contribution in [0.5, 0.6) is 0 Å². The maximum absolute atomic E-state index is 5.67. The van der Waals surface area contributed by atoms with Gasteiger partial charge in [-0.25, -0.2) is 27.4 Å². The number of nitrogen functional groups attached to an aromatic ring is 3. The molecule has 0 radical (unpaired) electrons. The molecule has 0 aliphatic carbocycles. The number of nitrogens with two attached hydrogens (primary N) is 9. The number of halogens is 3. The highest BCUT2D eigenvalue weighted by atomic mass is 35.5. The molecule has 0 bridgehead atoms. The van der Waals surface area contributed by atoms with E-state index in [1.807, 2.05) is 110 Å². The van der Waals surface area contributed by atoms with Crippen molar-refractivity contribution >= 4 is 52.0 Å². The van der Waals surface area contributed by atoms with Gasteiger partial charge in [-0.3, -0.25) is 0 Å². The zero-order valence-electron chi connectivity index (χ0n) is 39.3. The molecule has 69 heavy (non-hydrogen) atoms. The van der Waals surface area contributed by atoms with Gasteiger partial charge < -0.3 is 88.8 Å². The van der Waals surface area contributed by atoms with E-state index < -0.39 is 0 Å². The minimum Gasteiger partial charge on any atom is -1.00 e. The van der Waals surface area contributed by atoms with Crippen molar-refractivity contribution in [1.29, 1.82) is 0 Å². The molecule has 0 aliphatic rings. The lowest BCUT2D eigenvalue weighted by atomic mass is 10.3. The van der Waals surface area contributed by atoms with Crippen LogP contribution in [-0.2, 0) is 39.3 Å². The van der Waals surface area contributed by atoms with Crippen molar-refractivity contribution < 1.29 is 50.9 Å². The van der Waals surface area contributed by atoms with E-state index in [9.17, 15) is 0 Å². The molecular formula is C45H72Cl3N21. The third-order valence-electron chi connectivity index (χ3n) is 9.88. The van der Waals surface area contributed by atoms with Crippen molar-refractivity contribution in [2.24, 2.45) is 65.1 Å². The summed E-state index contributed by atoms with van der Waals surface area (Å²) in [6, 6.07) is 21.9. The lowest BCUT2D eigenvalue weighted by Crippen LogP contribution is -3.00. The first-order valence-electron chi connectivity index (χ1n) is 22.5. The maximum Gasteiger partial charge on any atom is 0.421 e. The average molecular weight is 1010 g/mol. The third kappa shape index (κ3) is 21.5. The lowest BCUT2D eigenvalue weighted by molar-refractivity contribution is -0.684. The first-order valence-corrected chi connectivity index (χ1v) is 22.5. The number of benzene rings is 3. The van der Waals surface area contributed by atoms with E-state index in [0.717, 1.165) is 113 Å². The molecule has 0 atom stereocenters. The van der Waals surface area contributed by atoms with Crippen LogP contribution in [0.2, 0.25) is 0 Å². The van der Waals surface area contributed by atoms with Crippen molar-refractivity contribution in [3.05, 3.63) is 110 Å². The number of imidazole rings is 3. The third-order valence-corrected chi connectivity index (χ3v) is 9.88. The molecule has 21 nitrogen and oxygen atoms in total. The Labute approximate surface area is 424 Å². The molecule has 0 saturated carbocycles. The summed E-state index contributed by atoms with van der Waals surface area (Å²) >= 11 is 0. The van der Waals surface area contributed by atoms with E-state index in [1.54, 1.807) is 0 Å². The van der Waals surface area contributed by atoms with Gasteiger partial charge in [-0.05, 0) is 151 Å². The highest BCUT2D eigenvalue weighted by molar-refractivity contribution is 5.49. The fourth-order valence-electron chi connectivity index (χ4n) is 6.27. The molecule has 3 aromatic carbocycles. The number of rotatable bonds is 24. The van der Waals surface area contributed by atoms with Gasteiger partial charge >= 0.3 is 17.8 Å². The Morgan fingerprint density at radius 2 is 0.565 bits per heavy atom. The first-order chi connectivity index (χ1) is 32.2. The van der Waals surface area contributed by atoms with Gasteiger partial charge in [-0.1, -0.05) is 15.3 Å². The zero-order valence-corrected chi connectivity index (χ0v) is 41.6. The summed E-state index contributed by atoms with van der Waals surface area (Å²) in [5.41, 5.74) is 55.0. The number of nitrogens with zero attached hydrogens (tertiary/aromatic N) is 12. The van der Waals surface area contributed by atoms with Crippen LogP contribution in [0.4, 0.5) is 52.0 Å². The van der Waals surface area contributed by atoms with Gasteiger partial charge in [0.2, 0.25) is 0 Å². The molecule has 3 aromatic heterocycles. The second-order valence-electron chi connectivity index (χ2n) is 15.2. The molecule has 0 aliphatic heterocycles. The van der Waals surface area contributed by atoms with Gasteiger partial charge in [0.05, 0.1) is 76.4 Å². The quantitative estimate of drug-likeness (QED) is 0.0160. The Kier molecular flexibility index (Phi) is 31.2. The Bertz CT molecular complexity index is 2000. The standard InChI is InChI=1S/3C15H23N7.3ClH/c3*16-7-1-9-21-11-12-22(10-2-8-17)15(21)20-19-14-5-3-13(18)4-6-14;;;/h3*3-6,11-12,18H,1-2,7-10,16-17H2;3*1H. The van der Waals surface area contributed by atoms with Crippen molar-refractivity contribution in [2.45, 2.75) is 77.8 Å². The summed E-state index contributed by atoms with van der Waals surface area (Å²) in [7, 11) is 0. The van der Waals surface area contributed by atoms with Crippen LogP contribution in [0.3, 0.4) is 0 Å². The highest BCUT2D eigenvalue weighted by Crippen LogP contribution is 2.21. The second-order valence-corrected chi connectivity index (χ2v) is 15.2. The molecule has 0 spiro atoms. The summed E-state index contributed by atoms with van der Waals surface area (Å²) in [6.45, 7) is 8.82. The van der Waals surface area contributed by atoms with Crippen LogP contribution in [-0.4, -0.2) is 53.0 Å². The van der Waals surface area contributed by atoms with E-state index in [0.29, 0.717) is 56.3 Å². The van der Waals surface area contributed by atoms with Crippen LogP contribution in [0.15, 0.2) is 141 Å². The second kappa shape index (κ2) is 35.3. The number of aromatic nitrogens is 6. The number of azo groups is 3. The number of anilines is 3. The largest absolute Gasteiger partial charge is 1.00 e. The van der Waals surface area contributed by atoms with Crippen LogP contribution in [0.25, 0.3) is 0 Å².